The first-order valence-electron chi connectivity index (χ1n) is 9.62. The third-order valence-corrected chi connectivity index (χ3v) is 18.3. The Morgan fingerprint density at radius 3 is 1.13 bits per heavy atom. The van der Waals surface area contributed by atoms with E-state index in [-0.39, 0.29) is 4.90 Å². The molecule has 152 valence electrons. The Labute approximate surface area is 176 Å². The van der Waals surface area contributed by atoms with Crippen LogP contribution in [0.15, 0.2) is 126 Å². The van der Waals surface area contributed by atoms with Crippen molar-refractivity contribution >= 4 is 31.2 Å². The average Bonchev–Trinajstić information content (AvgIpc) is 2.83. The van der Waals surface area contributed by atoms with Gasteiger partial charge < -0.3 is 0 Å². The molecule has 0 radical (unpaired) electrons. The molecule has 0 bridgehead atoms. The van der Waals surface area contributed by atoms with Gasteiger partial charge in [0.25, 0.3) is 0 Å². The number of hydrogen-bond acceptors (Lipinski definition) is 2. The van der Waals surface area contributed by atoms with Crippen molar-refractivity contribution in [3.05, 3.63) is 121 Å². The molecule has 0 atom stereocenters. The van der Waals surface area contributed by atoms with Crippen molar-refractivity contribution in [2.45, 2.75) is 4.90 Å². The molecule has 0 amide bonds. The first-order valence-corrected chi connectivity index (χ1v) is 14.1. The fourth-order valence-electron chi connectivity index (χ4n) is 4.19. The molecule has 0 spiro atoms. The van der Waals surface area contributed by atoms with E-state index < -0.39 is 21.7 Å². The minimum absolute atomic E-state index is 0.122. The first kappa shape index (κ1) is 20.5. The number of rotatable bonds is 6. The summed E-state index contributed by atoms with van der Waals surface area (Å²) in [4.78, 5) is 0.122. The monoisotopic (exact) mass is 436 g/mol. The molecule has 4 aromatic carbocycles. The van der Waals surface area contributed by atoms with Gasteiger partial charge in [0.15, 0.2) is 0 Å². The predicted molar refractivity (Wildman–Crippen MR) is 125 cm³/mol. The summed E-state index contributed by atoms with van der Waals surface area (Å²) in [6.07, 6.45) is -1.03. The maximum absolute atomic E-state index is 15.9. The van der Waals surface area contributed by atoms with E-state index in [4.69, 9.17) is 0 Å². The van der Waals surface area contributed by atoms with Gasteiger partial charge in [0.2, 0.25) is 0 Å². The molecular formula is C25H22FO2PS. The Balaban J connectivity index is 2.31. The standard InChI is InChI=1S/C25H22FO2PS/c26-21-29(22-13-5-1-6-14-22,23-15-7-2-8-16-23,24-17-9-3-10-18-24)30(27,28)25-19-11-4-12-20-25/h1-20H,21H2. The topological polar surface area (TPSA) is 34.1 Å². The van der Waals surface area contributed by atoms with Gasteiger partial charge in [0.1, 0.15) is 0 Å². The van der Waals surface area contributed by atoms with E-state index in [1.807, 2.05) is 18.2 Å². The van der Waals surface area contributed by atoms with E-state index in [1.54, 1.807) is 103 Å². The van der Waals surface area contributed by atoms with E-state index in [2.05, 4.69) is 0 Å². The zero-order valence-corrected chi connectivity index (χ0v) is 18.0. The van der Waals surface area contributed by atoms with Gasteiger partial charge in [-0.1, -0.05) is 0 Å². The molecule has 0 aromatic heterocycles. The van der Waals surface area contributed by atoms with Crippen LogP contribution in [-0.4, -0.2) is 14.8 Å². The van der Waals surface area contributed by atoms with Gasteiger partial charge in [-0.15, -0.1) is 0 Å². The van der Waals surface area contributed by atoms with E-state index in [0.717, 1.165) is 0 Å². The first-order chi connectivity index (χ1) is 14.6. The molecule has 0 heterocycles. The van der Waals surface area contributed by atoms with Crippen molar-refractivity contribution in [1.82, 2.24) is 0 Å². The normalized spacial score (nSPS) is 13.3. The van der Waals surface area contributed by atoms with Crippen LogP contribution in [0.25, 0.3) is 0 Å². The van der Waals surface area contributed by atoms with Crippen LogP contribution in [-0.2, 0) is 9.46 Å². The van der Waals surface area contributed by atoms with Crippen molar-refractivity contribution in [1.29, 1.82) is 0 Å². The molecule has 0 aliphatic heterocycles. The van der Waals surface area contributed by atoms with Crippen LogP contribution in [0.3, 0.4) is 0 Å². The molecule has 0 aliphatic carbocycles. The van der Waals surface area contributed by atoms with Crippen molar-refractivity contribution in [3.8, 4) is 0 Å². The summed E-state index contributed by atoms with van der Waals surface area (Å²) in [5.74, 6) is -4.64. The molecule has 30 heavy (non-hydrogen) atoms. The average molecular weight is 436 g/mol. The quantitative estimate of drug-likeness (QED) is 0.406. The molecule has 5 heteroatoms. The van der Waals surface area contributed by atoms with Gasteiger partial charge in [-0.3, -0.25) is 0 Å². The summed E-state index contributed by atoms with van der Waals surface area (Å²) >= 11 is 0. The fraction of sp³-hybridized carbons (Fsp3) is 0.0400. The van der Waals surface area contributed by atoms with Crippen LogP contribution in [0.1, 0.15) is 0 Å². The molecule has 0 fully saturated rings. The number of alkyl halides is 1. The molecule has 0 aliphatic rings. The van der Waals surface area contributed by atoms with Crippen LogP contribution in [0.2, 0.25) is 0 Å². The second-order valence-corrected chi connectivity index (χ2v) is 16.6. The Morgan fingerprint density at radius 2 is 0.833 bits per heavy atom. The van der Waals surface area contributed by atoms with Gasteiger partial charge in [-0.2, -0.15) is 0 Å². The summed E-state index contributed by atoms with van der Waals surface area (Å²) in [5.41, 5.74) is 0. The predicted octanol–water partition coefficient (Wildman–Crippen LogP) is 4.83. The zero-order chi connectivity index (χ0) is 21.1. The van der Waals surface area contributed by atoms with Gasteiger partial charge >= 0.3 is 177 Å². The SMILES string of the molecule is O=S(=O)(c1ccccc1)P(CF)(c1ccccc1)(c1ccccc1)c1ccccc1. The number of benzene rings is 4. The van der Waals surface area contributed by atoms with Crippen LogP contribution in [0.4, 0.5) is 4.39 Å². The van der Waals surface area contributed by atoms with Gasteiger partial charge in [0.05, 0.1) is 0 Å². The molecule has 0 unspecified atom stereocenters. The van der Waals surface area contributed by atoms with Crippen LogP contribution < -0.4 is 15.9 Å². The van der Waals surface area contributed by atoms with Gasteiger partial charge in [-0.25, -0.2) is 0 Å². The Kier molecular flexibility index (Phi) is 5.31. The van der Waals surface area contributed by atoms with Crippen LogP contribution in [0, 0.1) is 0 Å². The number of halogens is 1. The summed E-state index contributed by atoms with van der Waals surface area (Å²) in [6.45, 7) is 0. The van der Waals surface area contributed by atoms with Gasteiger partial charge in [0, 0.05) is 0 Å². The fourth-order valence-corrected chi connectivity index (χ4v) is 15.6. The second-order valence-electron chi connectivity index (χ2n) is 7.13. The molecular weight excluding hydrogens is 414 g/mol. The number of hydrogen-bond donors (Lipinski definition) is 0. The van der Waals surface area contributed by atoms with Crippen LogP contribution >= 0.6 is 5.81 Å². The minimum atomic E-state index is -4.64. The van der Waals surface area contributed by atoms with E-state index in [0.29, 0.717) is 15.9 Å². The summed E-state index contributed by atoms with van der Waals surface area (Å²) < 4.78 is 45.1. The summed E-state index contributed by atoms with van der Waals surface area (Å²) in [5, 5.41) is 1.48. The van der Waals surface area contributed by atoms with Crippen molar-refractivity contribution in [3.63, 3.8) is 0 Å². The second kappa shape index (κ2) is 7.79. The van der Waals surface area contributed by atoms with Gasteiger partial charge in [-0.05, 0) is 0 Å². The molecule has 0 N–H and O–H groups in total. The van der Waals surface area contributed by atoms with Crippen molar-refractivity contribution < 1.29 is 12.8 Å². The Bertz CT molecular complexity index is 1130. The third-order valence-electron chi connectivity index (χ3n) is 5.71. The van der Waals surface area contributed by atoms with Crippen LogP contribution in [0.5, 0.6) is 0 Å². The summed E-state index contributed by atoms with van der Waals surface area (Å²) in [7, 11) is -4.18. The molecule has 2 nitrogen and oxygen atoms in total. The summed E-state index contributed by atoms with van der Waals surface area (Å²) in [6, 6.07) is 34.8. The van der Waals surface area contributed by atoms with E-state index >= 15 is 4.39 Å². The molecule has 4 aromatic rings. The Hall–Kier alpha value is -2.81. The maximum atomic E-state index is 15.9. The molecule has 0 saturated heterocycles. The third kappa shape index (κ3) is 2.61. The van der Waals surface area contributed by atoms with E-state index in [1.165, 1.54) is 0 Å². The Morgan fingerprint density at radius 1 is 0.533 bits per heavy atom. The zero-order valence-electron chi connectivity index (χ0n) is 16.3. The molecule has 0 saturated carbocycles. The van der Waals surface area contributed by atoms with Crippen molar-refractivity contribution in [2.24, 2.45) is 0 Å². The van der Waals surface area contributed by atoms with Crippen molar-refractivity contribution in [2.75, 3.05) is 6.42 Å². The molecule has 4 rings (SSSR count). The van der Waals surface area contributed by atoms with E-state index in [9.17, 15) is 8.42 Å².